The summed E-state index contributed by atoms with van der Waals surface area (Å²) >= 11 is 0. The van der Waals surface area contributed by atoms with Gasteiger partial charge < -0.3 is 10.0 Å². The van der Waals surface area contributed by atoms with Crippen molar-refractivity contribution in [2.24, 2.45) is 0 Å². The molecular weight excluding hydrogens is 252 g/mol. The van der Waals surface area contributed by atoms with E-state index in [0.717, 1.165) is 30.9 Å². The van der Waals surface area contributed by atoms with Gasteiger partial charge in [-0.25, -0.2) is 4.79 Å². The molecule has 0 aromatic heterocycles. The van der Waals surface area contributed by atoms with Gasteiger partial charge in [-0.2, -0.15) is 0 Å². The number of anilines is 1. The average Bonchev–Trinajstić information content (AvgIpc) is 2.85. The Morgan fingerprint density at radius 1 is 1.50 bits per heavy atom. The predicted octanol–water partition coefficient (Wildman–Crippen LogP) is 2.61. The van der Waals surface area contributed by atoms with Gasteiger partial charge in [0.2, 0.25) is 0 Å². The van der Waals surface area contributed by atoms with Crippen molar-refractivity contribution in [3.63, 3.8) is 0 Å². The third-order valence-corrected chi connectivity index (χ3v) is 4.18. The van der Waals surface area contributed by atoms with Crippen LogP contribution < -0.4 is 4.90 Å². The molecule has 1 aromatic carbocycles. The normalized spacial score (nSPS) is 19.2. The maximum atomic E-state index is 11.4. The second-order valence-corrected chi connectivity index (χ2v) is 5.63. The molecular formula is C16H24N2O2. The van der Waals surface area contributed by atoms with E-state index < -0.39 is 5.97 Å². The maximum absolute atomic E-state index is 11.4. The van der Waals surface area contributed by atoms with Gasteiger partial charge in [0.05, 0.1) is 11.3 Å². The topological polar surface area (TPSA) is 43.8 Å². The number of rotatable bonds is 5. The van der Waals surface area contributed by atoms with Gasteiger partial charge in [-0.15, -0.1) is 0 Å². The molecule has 2 rings (SSSR count). The van der Waals surface area contributed by atoms with Crippen molar-refractivity contribution >= 4 is 11.7 Å². The van der Waals surface area contributed by atoms with Gasteiger partial charge in [0.15, 0.2) is 0 Å². The first kappa shape index (κ1) is 14.9. The fourth-order valence-electron chi connectivity index (χ4n) is 3.07. The molecule has 0 amide bonds. The van der Waals surface area contributed by atoms with Crippen LogP contribution in [0.15, 0.2) is 18.2 Å². The third-order valence-electron chi connectivity index (χ3n) is 4.18. The molecule has 0 saturated carbocycles. The average molecular weight is 276 g/mol. The molecule has 1 heterocycles. The fourth-order valence-corrected chi connectivity index (χ4v) is 3.07. The Morgan fingerprint density at radius 3 is 2.90 bits per heavy atom. The van der Waals surface area contributed by atoms with Crippen LogP contribution >= 0.6 is 0 Å². The van der Waals surface area contributed by atoms with Gasteiger partial charge in [-0.1, -0.05) is 13.0 Å². The molecule has 0 bridgehead atoms. The van der Waals surface area contributed by atoms with E-state index in [1.807, 2.05) is 26.1 Å². The molecule has 4 heteroatoms. The molecule has 0 spiro atoms. The number of carbonyl (C=O) groups is 1. The Kier molecular flexibility index (Phi) is 4.65. The van der Waals surface area contributed by atoms with Crippen molar-refractivity contribution in [3.8, 4) is 0 Å². The Hall–Kier alpha value is -1.55. The van der Waals surface area contributed by atoms with Gasteiger partial charge in [0.1, 0.15) is 0 Å². The van der Waals surface area contributed by atoms with Crippen molar-refractivity contribution in [2.45, 2.75) is 32.7 Å². The number of hydrogen-bond donors (Lipinski definition) is 1. The number of likely N-dealkylation sites (N-methyl/N-ethyl adjacent to an activating group) is 2. The second kappa shape index (κ2) is 6.27. The predicted molar refractivity (Wildman–Crippen MR) is 81.7 cm³/mol. The molecule has 1 N–H and O–H groups in total. The van der Waals surface area contributed by atoms with Crippen LogP contribution in [-0.4, -0.2) is 48.7 Å². The quantitative estimate of drug-likeness (QED) is 0.898. The highest BCUT2D eigenvalue weighted by atomic mass is 16.4. The molecule has 0 radical (unpaired) electrons. The van der Waals surface area contributed by atoms with Crippen LogP contribution in [0.1, 0.15) is 35.7 Å². The minimum atomic E-state index is -0.856. The molecule has 4 nitrogen and oxygen atoms in total. The lowest BCUT2D eigenvalue weighted by atomic mass is 10.1. The Balaban J connectivity index is 2.18. The van der Waals surface area contributed by atoms with E-state index in [0.29, 0.717) is 11.6 Å². The minimum absolute atomic E-state index is 0.388. The van der Waals surface area contributed by atoms with E-state index in [4.69, 9.17) is 0 Å². The van der Waals surface area contributed by atoms with Gasteiger partial charge in [0.25, 0.3) is 0 Å². The van der Waals surface area contributed by atoms with Crippen LogP contribution in [0.25, 0.3) is 0 Å². The number of benzene rings is 1. The minimum Gasteiger partial charge on any atom is -0.478 e. The Bertz CT molecular complexity index is 487. The zero-order chi connectivity index (χ0) is 14.7. The molecule has 110 valence electrons. The van der Waals surface area contributed by atoms with E-state index in [2.05, 4.69) is 16.7 Å². The monoisotopic (exact) mass is 276 g/mol. The number of carboxylic acids is 1. The van der Waals surface area contributed by atoms with Gasteiger partial charge >= 0.3 is 5.97 Å². The first-order valence-corrected chi connectivity index (χ1v) is 7.32. The summed E-state index contributed by atoms with van der Waals surface area (Å²) in [7, 11) is 1.99. The van der Waals surface area contributed by atoms with Crippen LogP contribution in [0.5, 0.6) is 0 Å². The number of carboxylic acid groups (broad SMARTS) is 1. The van der Waals surface area contributed by atoms with E-state index in [1.54, 1.807) is 6.07 Å². The molecule has 1 fully saturated rings. The van der Waals surface area contributed by atoms with Crippen molar-refractivity contribution in [3.05, 3.63) is 29.3 Å². The SMILES string of the molecule is CCN1CCCC1CN(C)c1cc(C)ccc1C(=O)O. The van der Waals surface area contributed by atoms with Crippen LogP contribution in [0.2, 0.25) is 0 Å². The zero-order valence-corrected chi connectivity index (χ0v) is 12.6. The largest absolute Gasteiger partial charge is 0.478 e. The number of likely N-dealkylation sites (tertiary alicyclic amines) is 1. The summed E-state index contributed by atoms with van der Waals surface area (Å²) in [5, 5.41) is 9.33. The summed E-state index contributed by atoms with van der Waals surface area (Å²) in [6.07, 6.45) is 2.44. The molecule has 20 heavy (non-hydrogen) atoms. The first-order valence-electron chi connectivity index (χ1n) is 7.32. The van der Waals surface area contributed by atoms with Crippen LogP contribution in [-0.2, 0) is 0 Å². The summed E-state index contributed by atoms with van der Waals surface area (Å²) in [6, 6.07) is 6.06. The van der Waals surface area contributed by atoms with Gasteiger partial charge in [0, 0.05) is 19.6 Å². The standard InChI is InChI=1S/C16H24N2O2/c1-4-18-9-5-6-13(18)11-17(3)15-10-12(2)7-8-14(15)16(19)20/h7-8,10,13H,4-6,9,11H2,1-3H3,(H,19,20). The molecule has 1 aliphatic heterocycles. The number of hydrogen-bond acceptors (Lipinski definition) is 3. The highest BCUT2D eigenvalue weighted by Gasteiger charge is 2.25. The van der Waals surface area contributed by atoms with Crippen molar-refractivity contribution in [1.29, 1.82) is 0 Å². The maximum Gasteiger partial charge on any atom is 0.337 e. The molecule has 1 atom stereocenters. The Morgan fingerprint density at radius 2 is 2.25 bits per heavy atom. The summed E-state index contributed by atoms with van der Waals surface area (Å²) in [5.41, 5.74) is 2.30. The third kappa shape index (κ3) is 3.12. The Labute approximate surface area is 121 Å². The molecule has 0 aliphatic carbocycles. The van der Waals surface area contributed by atoms with Crippen LogP contribution in [0.3, 0.4) is 0 Å². The van der Waals surface area contributed by atoms with Crippen LogP contribution in [0, 0.1) is 6.92 Å². The second-order valence-electron chi connectivity index (χ2n) is 5.63. The van der Waals surface area contributed by atoms with Crippen LogP contribution in [0.4, 0.5) is 5.69 Å². The summed E-state index contributed by atoms with van der Waals surface area (Å²) in [6.45, 7) is 7.30. The fraction of sp³-hybridized carbons (Fsp3) is 0.562. The zero-order valence-electron chi connectivity index (χ0n) is 12.6. The first-order chi connectivity index (χ1) is 9.52. The smallest absolute Gasteiger partial charge is 0.337 e. The van der Waals surface area contributed by atoms with E-state index in [9.17, 15) is 9.90 Å². The van der Waals surface area contributed by atoms with Gasteiger partial charge in [-0.05, 0) is 50.6 Å². The summed E-state index contributed by atoms with van der Waals surface area (Å²) in [4.78, 5) is 15.9. The number of aryl methyl sites for hydroxylation is 1. The number of aromatic carboxylic acids is 1. The van der Waals surface area contributed by atoms with Gasteiger partial charge in [-0.3, -0.25) is 4.90 Å². The van der Waals surface area contributed by atoms with E-state index in [1.165, 1.54) is 12.8 Å². The molecule has 1 saturated heterocycles. The molecule has 1 unspecified atom stereocenters. The van der Waals surface area contributed by atoms with Crippen molar-refractivity contribution in [1.82, 2.24) is 4.90 Å². The number of nitrogens with zero attached hydrogens (tertiary/aromatic N) is 2. The summed E-state index contributed by atoms with van der Waals surface area (Å²) < 4.78 is 0. The summed E-state index contributed by atoms with van der Waals surface area (Å²) in [5.74, 6) is -0.856. The highest BCUT2D eigenvalue weighted by molar-refractivity contribution is 5.94. The van der Waals surface area contributed by atoms with Crippen molar-refractivity contribution < 1.29 is 9.90 Å². The van der Waals surface area contributed by atoms with E-state index >= 15 is 0 Å². The molecule has 1 aromatic rings. The lowest BCUT2D eigenvalue weighted by Gasteiger charge is -2.30. The highest BCUT2D eigenvalue weighted by Crippen LogP contribution is 2.24. The van der Waals surface area contributed by atoms with E-state index in [-0.39, 0.29) is 0 Å². The van der Waals surface area contributed by atoms with Crippen molar-refractivity contribution in [2.75, 3.05) is 31.6 Å². The lowest BCUT2D eigenvalue weighted by molar-refractivity contribution is 0.0697. The lowest BCUT2D eigenvalue weighted by Crippen LogP contribution is -2.39. The molecule has 1 aliphatic rings.